The molecule has 0 atom stereocenters. The molecule has 0 aliphatic carbocycles. The van der Waals surface area contributed by atoms with E-state index < -0.39 is 0 Å². The standard InChI is InChI=1S/2C22H17N3/c1-16-9-8-14-19(15-16)22-24-20(17-10-4-2-5-11-17)23-21(25-22)18-12-6-3-7-13-18;1-16-12-14-19(15-13-16)22-24-20(17-8-4-2-5-9-17)23-21(25-22)18-10-6-3-7-11-18/h2*2-15H,1H3. The fourth-order valence-electron chi connectivity index (χ4n) is 5.36. The molecule has 6 aromatic carbocycles. The van der Waals surface area contributed by atoms with Crippen LogP contribution >= 0.6 is 0 Å². The second-order valence-corrected chi connectivity index (χ2v) is 11.8. The number of aryl methyl sites for hydroxylation is 2. The molecule has 0 bridgehead atoms. The van der Waals surface area contributed by atoms with Crippen LogP contribution in [0.1, 0.15) is 11.1 Å². The Balaban J connectivity index is 0.000000157. The van der Waals surface area contributed by atoms with Gasteiger partial charge in [-0.25, -0.2) is 29.9 Å². The molecule has 50 heavy (non-hydrogen) atoms. The van der Waals surface area contributed by atoms with Crippen LogP contribution in [0.2, 0.25) is 0 Å². The summed E-state index contributed by atoms with van der Waals surface area (Å²) >= 11 is 0. The average molecular weight is 647 g/mol. The van der Waals surface area contributed by atoms with E-state index in [2.05, 4.69) is 38.1 Å². The molecule has 0 unspecified atom stereocenters. The van der Waals surface area contributed by atoms with Crippen LogP contribution in [-0.4, -0.2) is 29.9 Å². The van der Waals surface area contributed by atoms with Crippen molar-refractivity contribution in [2.45, 2.75) is 13.8 Å². The molecular weight excluding hydrogens is 613 g/mol. The fourth-order valence-corrected chi connectivity index (χ4v) is 5.36. The zero-order valence-electron chi connectivity index (χ0n) is 27.8. The summed E-state index contributed by atoms with van der Waals surface area (Å²) < 4.78 is 0. The van der Waals surface area contributed by atoms with Gasteiger partial charge >= 0.3 is 0 Å². The second kappa shape index (κ2) is 15.0. The number of aromatic nitrogens is 6. The molecule has 0 N–H and O–H groups in total. The Morgan fingerprint density at radius 3 is 0.840 bits per heavy atom. The third-order valence-electron chi connectivity index (χ3n) is 7.98. The maximum Gasteiger partial charge on any atom is 0.164 e. The van der Waals surface area contributed by atoms with Gasteiger partial charge in [0.2, 0.25) is 0 Å². The van der Waals surface area contributed by atoms with Crippen molar-refractivity contribution in [3.05, 3.63) is 181 Å². The smallest absolute Gasteiger partial charge is 0.164 e. The molecule has 0 saturated carbocycles. The lowest BCUT2D eigenvalue weighted by atomic mass is 10.1. The molecule has 6 nitrogen and oxygen atoms in total. The van der Waals surface area contributed by atoms with E-state index in [-0.39, 0.29) is 0 Å². The van der Waals surface area contributed by atoms with Gasteiger partial charge in [0.1, 0.15) is 0 Å². The maximum absolute atomic E-state index is 4.72. The topological polar surface area (TPSA) is 77.3 Å². The van der Waals surface area contributed by atoms with Crippen molar-refractivity contribution in [3.63, 3.8) is 0 Å². The Hall–Kier alpha value is -6.66. The number of benzene rings is 6. The van der Waals surface area contributed by atoms with Crippen molar-refractivity contribution in [2.75, 3.05) is 0 Å². The SMILES string of the molecule is Cc1ccc(-c2nc(-c3ccccc3)nc(-c3ccccc3)n2)cc1.Cc1cccc(-c2nc(-c3ccccc3)nc(-c3ccccc3)n2)c1. The molecule has 2 aromatic heterocycles. The van der Waals surface area contributed by atoms with E-state index in [1.807, 2.05) is 146 Å². The highest BCUT2D eigenvalue weighted by molar-refractivity contribution is 5.68. The van der Waals surface area contributed by atoms with E-state index in [1.54, 1.807) is 0 Å². The van der Waals surface area contributed by atoms with Crippen LogP contribution in [0.15, 0.2) is 170 Å². The average Bonchev–Trinajstić information content (AvgIpc) is 3.19. The number of hydrogen-bond donors (Lipinski definition) is 0. The van der Waals surface area contributed by atoms with Gasteiger partial charge in [-0.05, 0) is 19.9 Å². The summed E-state index contributed by atoms with van der Waals surface area (Å²) in [4.78, 5) is 28.2. The molecular formula is C44H34N6. The van der Waals surface area contributed by atoms with E-state index in [4.69, 9.17) is 29.9 Å². The molecule has 0 amide bonds. The van der Waals surface area contributed by atoms with Gasteiger partial charge in [-0.15, -0.1) is 0 Å². The van der Waals surface area contributed by atoms with Crippen LogP contribution in [0, 0.1) is 13.8 Å². The zero-order valence-corrected chi connectivity index (χ0v) is 27.8. The summed E-state index contributed by atoms with van der Waals surface area (Å²) in [5.74, 6) is 4.12. The van der Waals surface area contributed by atoms with E-state index in [9.17, 15) is 0 Å². The minimum atomic E-state index is 0.685. The third kappa shape index (κ3) is 7.72. The van der Waals surface area contributed by atoms with Crippen LogP contribution in [-0.2, 0) is 0 Å². The molecule has 0 fully saturated rings. The van der Waals surface area contributed by atoms with E-state index in [1.165, 1.54) is 11.1 Å². The molecule has 2 heterocycles. The Morgan fingerprint density at radius 1 is 0.240 bits per heavy atom. The lowest BCUT2D eigenvalue weighted by Gasteiger charge is -2.08. The molecule has 240 valence electrons. The zero-order chi connectivity index (χ0) is 34.1. The molecule has 0 saturated heterocycles. The molecule has 8 rings (SSSR count). The van der Waals surface area contributed by atoms with Gasteiger partial charge in [-0.2, -0.15) is 0 Å². The Labute approximate surface area is 292 Å². The van der Waals surface area contributed by atoms with E-state index >= 15 is 0 Å². The first-order valence-electron chi connectivity index (χ1n) is 16.5. The van der Waals surface area contributed by atoms with Gasteiger partial charge in [0.05, 0.1) is 0 Å². The quantitative estimate of drug-likeness (QED) is 0.179. The first-order valence-corrected chi connectivity index (χ1v) is 16.5. The van der Waals surface area contributed by atoms with Crippen LogP contribution in [0.5, 0.6) is 0 Å². The highest BCUT2D eigenvalue weighted by atomic mass is 15.0. The lowest BCUT2D eigenvalue weighted by molar-refractivity contribution is 1.07. The van der Waals surface area contributed by atoms with Crippen LogP contribution in [0.3, 0.4) is 0 Å². The largest absolute Gasteiger partial charge is 0.208 e. The summed E-state index contributed by atoms with van der Waals surface area (Å²) in [7, 11) is 0. The first-order chi connectivity index (χ1) is 24.6. The highest BCUT2D eigenvalue weighted by Crippen LogP contribution is 2.26. The Morgan fingerprint density at radius 2 is 0.520 bits per heavy atom. The minimum absolute atomic E-state index is 0.685. The van der Waals surface area contributed by atoms with Gasteiger partial charge in [0, 0.05) is 33.4 Å². The summed E-state index contributed by atoms with van der Waals surface area (Å²) in [5, 5.41) is 0. The van der Waals surface area contributed by atoms with E-state index in [0.29, 0.717) is 34.9 Å². The summed E-state index contributed by atoms with van der Waals surface area (Å²) in [6, 6.07) is 56.5. The fraction of sp³-hybridized carbons (Fsp3) is 0.0455. The predicted molar refractivity (Wildman–Crippen MR) is 202 cm³/mol. The van der Waals surface area contributed by atoms with Crippen molar-refractivity contribution < 1.29 is 0 Å². The normalized spacial score (nSPS) is 10.6. The summed E-state index contributed by atoms with van der Waals surface area (Å²) in [6.45, 7) is 4.14. The maximum atomic E-state index is 4.72. The Kier molecular flexibility index (Phi) is 9.61. The van der Waals surface area contributed by atoms with Crippen molar-refractivity contribution in [3.8, 4) is 68.3 Å². The second-order valence-electron chi connectivity index (χ2n) is 11.8. The van der Waals surface area contributed by atoms with Crippen molar-refractivity contribution in [2.24, 2.45) is 0 Å². The van der Waals surface area contributed by atoms with Crippen LogP contribution in [0.4, 0.5) is 0 Å². The molecule has 6 heteroatoms. The van der Waals surface area contributed by atoms with E-state index in [0.717, 1.165) is 33.4 Å². The first kappa shape index (κ1) is 31.9. The van der Waals surface area contributed by atoms with Crippen molar-refractivity contribution >= 4 is 0 Å². The van der Waals surface area contributed by atoms with Gasteiger partial charge in [-0.1, -0.05) is 175 Å². The lowest BCUT2D eigenvalue weighted by Crippen LogP contribution is -2.00. The van der Waals surface area contributed by atoms with Gasteiger partial charge in [-0.3, -0.25) is 0 Å². The molecule has 8 aromatic rings. The Bertz CT molecular complexity index is 2200. The highest BCUT2D eigenvalue weighted by Gasteiger charge is 2.13. The van der Waals surface area contributed by atoms with Gasteiger partial charge < -0.3 is 0 Å². The summed E-state index contributed by atoms with van der Waals surface area (Å²) in [6.07, 6.45) is 0. The van der Waals surface area contributed by atoms with Gasteiger partial charge in [0.25, 0.3) is 0 Å². The number of hydrogen-bond acceptors (Lipinski definition) is 6. The molecule has 0 spiro atoms. The van der Waals surface area contributed by atoms with Crippen LogP contribution < -0.4 is 0 Å². The monoisotopic (exact) mass is 646 g/mol. The summed E-state index contributed by atoms with van der Waals surface area (Å²) in [5.41, 5.74) is 8.31. The van der Waals surface area contributed by atoms with Crippen molar-refractivity contribution in [1.29, 1.82) is 0 Å². The van der Waals surface area contributed by atoms with Gasteiger partial charge in [0.15, 0.2) is 34.9 Å². The predicted octanol–water partition coefficient (Wildman–Crippen LogP) is 10.4. The number of nitrogens with zero attached hydrogens (tertiary/aromatic N) is 6. The molecule has 0 aliphatic rings. The molecule has 0 aliphatic heterocycles. The number of rotatable bonds is 6. The van der Waals surface area contributed by atoms with Crippen LogP contribution in [0.25, 0.3) is 68.3 Å². The minimum Gasteiger partial charge on any atom is -0.208 e. The van der Waals surface area contributed by atoms with Crippen molar-refractivity contribution in [1.82, 2.24) is 29.9 Å². The third-order valence-corrected chi connectivity index (χ3v) is 7.98. The molecule has 0 radical (unpaired) electrons.